The first-order valence-electron chi connectivity index (χ1n) is 6.46. The molecule has 0 aromatic carbocycles. The molecule has 0 aromatic rings. The smallest absolute Gasteiger partial charge is 0.230 e. The Kier molecular flexibility index (Phi) is 4.36. The van der Waals surface area contributed by atoms with Crippen molar-refractivity contribution in [2.75, 3.05) is 13.1 Å². The van der Waals surface area contributed by atoms with Gasteiger partial charge in [-0.1, -0.05) is 20.3 Å². The molecule has 0 saturated heterocycles. The lowest BCUT2D eigenvalue weighted by atomic mass is 9.83. The molecule has 2 atom stereocenters. The predicted octanol–water partition coefficient (Wildman–Crippen LogP) is 2.01. The van der Waals surface area contributed by atoms with E-state index in [1.807, 2.05) is 18.7 Å². The van der Waals surface area contributed by atoms with Gasteiger partial charge in [-0.2, -0.15) is 0 Å². The van der Waals surface area contributed by atoms with E-state index in [0.717, 1.165) is 32.4 Å². The monoisotopic (exact) mass is 226 g/mol. The van der Waals surface area contributed by atoms with E-state index in [1.54, 1.807) is 0 Å². The fourth-order valence-electron chi connectivity index (χ4n) is 2.62. The number of carbonyl (C=O) groups excluding carboxylic acids is 1. The van der Waals surface area contributed by atoms with Crippen molar-refractivity contribution in [1.82, 2.24) is 4.90 Å². The van der Waals surface area contributed by atoms with Gasteiger partial charge in [-0.25, -0.2) is 0 Å². The molecule has 3 nitrogen and oxygen atoms in total. The third-order valence-electron chi connectivity index (χ3n) is 3.77. The van der Waals surface area contributed by atoms with E-state index in [9.17, 15) is 4.79 Å². The molecule has 1 aliphatic carbocycles. The van der Waals surface area contributed by atoms with Gasteiger partial charge in [0.15, 0.2) is 0 Å². The van der Waals surface area contributed by atoms with Crippen LogP contribution in [0.2, 0.25) is 0 Å². The van der Waals surface area contributed by atoms with Crippen LogP contribution >= 0.6 is 0 Å². The minimum Gasteiger partial charge on any atom is -0.342 e. The van der Waals surface area contributed by atoms with Gasteiger partial charge in [0.05, 0.1) is 5.41 Å². The summed E-state index contributed by atoms with van der Waals surface area (Å²) in [6.07, 6.45) is 3.02. The standard InChI is InChI=1S/C13H26N2O/c1-5-15(9-10(2)3)12(16)13(4)8-6-7-11(13)14/h10-11H,5-9,14H2,1-4H3. The van der Waals surface area contributed by atoms with Gasteiger partial charge in [0.25, 0.3) is 0 Å². The Balaban J connectivity index is 2.74. The van der Waals surface area contributed by atoms with Gasteiger partial charge in [0.2, 0.25) is 5.91 Å². The van der Waals surface area contributed by atoms with Gasteiger partial charge in [0, 0.05) is 19.1 Å². The van der Waals surface area contributed by atoms with Crippen molar-refractivity contribution in [3.8, 4) is 0 Å². The van der Waals surface area contributed by atoms with E-state index in [4.69, 9.17) is 5.73 Å². The molecule has 2 unspecified atom stereocenters. The summed E-state index contributed by atoms with van der Waals surface area (Å²) in [5.41, 5.74) is 5.78. The number of hydrogen-bond donors (Lipinski definition) is 1. The number of nitrogens with two attached hydrogens (primary N) is 1. The molecule has 1 amide bonds. The van der Waals surface area contributed by atoms with Crippen LogP contribution in [0, 0.1) is 11.3 Å². The Hall–Kier alpha value is -0.570. The first-order chi connectivity index (χ1) is 7.41. The molecule has 94 valence electrons. The molecule has 0 aromatic heterocycles. The summed E-state index contributed by atoms with van der Waals surface area (Å²) in [5.74, 6) is 0.777. The maximum atomic E-state index is 12.5. The van der Waals surface area contributed by atoms with Gasteiger partial charge in [-0.15, -0.1) is 0 Å². The molecule has 0 spiro atoms. The molecule has 1 rings (SSSR count). The molecular formula is C13H26N2O. The highest BCUT2D eigenvalue weighted by Crippen LogP contribution is 2.38. The molecular weight excluding hydrogens is 200 g/mol. The van der Waals surface area contributed by atoms with Gasteiger partial charge in [0.1, 0.15) is 0 Å². The van der Waals surface area contributed by atoms with Crippen molar-refractivity contribution in [2.45, 2.75) is 53.0 Å². The Morgan fingerprint density at radius 1 is 1.56 bits per heavy atom. The van der Waals surface area contributed by atoms with Gasteiger partial charge < -0.3 is 10.6 Å². The van der Waals surface area contributed by atoms with Crippen molar-refractivity contribution in [3.05, 3.63) is 0 Å². The SMILES string of the molecule is CCN(CC(C)C)C(=O)C1(C)CCCC1N. The minimum atomic E-state index is -0.315. The molecule has 0 heterocycles. The summed E-state index contributed by atoms with van der Waals surface area (Å²) >= 11 is 0. The summed E-state index contributed by atoms with van der Waals surface area (Å²) in [4.78, 5) is 14.5. The summed E-state index contributed by atoms with van der Waals surface area (Å²) in [5, 5.41) is 0. The topological polar surface area (TPSA) is 46.3 Å². The van der Waals surface area contributed by atoms with E-state index in [0.29, 0.717) is 5.92 Å². The van der Waals surface area contributed by atoms with Crippen LogP contribution in [-0.4, -0.2) is 29.9 Å². The van der Waals surface area contributed by atoms with Gasteiger partial charge >= 0.3 is 0 Å². The molecule has 0 aliphatic heterocycles. The fourth-order valence-corrected chi connectivity index (χ4v) is 2.62. The molecule has 2 N–H and O–H groups in total. The van der Waals surface area contributed by atoms with Gasteiger partial charge in [-0.05, 0) is 32.6 Å². The van der Waals surface area contributed by atoms with Crippen LogP contribution in [-0.2, 0) is 4.79 Å². The third-order valence-corrected chi connectivity index (χ3v) is 3.77. The number of hydrogen-bond acceptors (Lipinski definition) is 2. The second-order valence-corrected chi connectivity index (χ2v) is 5.65. The molecule has 1 saturated carbocycles. The van der Waals surface area contributed by atoms with E-state index in [-0.39, 0.29) is 17.4 Å². The van der Waals surface area contributed by atoms with E-state index in [1.165, 1.54) is 0 Å². The highest BCUT2D eigenvalue weighted by atomic mass is 16.2. The average Bonchev–Trinajstić information content (AvgIpc) is 2.56. The predicted molar refractivity (Wildman–Crippen MR) is 67.0 cm³/mol. The lowest BCUT2D eigenvalue weighted by Crippen LogP contribution is -2.50. The lowest BCUT2D eigenvalue weighted by molar-refractivity contribution is -0.142. The number of amides is 1. The molecule has 0 bridgehead atoms. The van der Waals surface area contributed by atoms with Crippen LogP contribution in [0.5, 0.6) is 0 Å². The quantitative estimate of drug-likeness (QED) is 0.797. The van der Waals surface area contributed by atoms with Crippen molar-refractivity contribution in [1.29, 1.82) is 0 Å². The summed E-state index contributed by atoms with van der Waals surface area (Å²) in [6.45, 7) is 10.0. The minimum absolute atomic E-state index is 0.0428. The fraction of sp³-hybridized carbons (Fsp3) is 0.923. The number of rotatable bonds is 4. The van der Waals surface area contributed by atoms with Crippen LogP contribution < -0.4 is 5.73 Å². The number of carbonyl (C=O) groups is 1. The highest BCUT2D eigenvalue weighted by molar-refractivity contribution is 5.83. The summed E-state index contributed by atoms with van der Waals surface area (Å²) in [7, 11) is 0. The summed E-state index contributed by atoms with van der Waals surface area (Å²) < 4.78 is 0. The van der Waals surface area contributed by atoms with Crippen molar-refractivity contribution in [3.63, 3.8) is 0 Å². The van der Waals surface area contributed by atoms with Crippen molar-refractivity contribution < 1.29 is 4.79 Å². The maximum absolute atomic E-state index is 12.5. The van der Waals surface area contributed by atoms with Crippen molar-refractivity contribution in [2.24, 2.45) is 17.1 Å². The highest BCUT2D eigenvalue weighted by Gasteiger charge is 2.44. The van der Waals surface area contributed by atoms with Crippen molar-refractivity contribution >= 4 is 5.91 Å². The zero-order chi connectivity index (χ0) is 12.3. The Morgan fingerprint density at radius 2 is 2.19 bits per heavy atom. The van der Waals surface area contributed by atoms with Crippen LogP contribution in [0.4, 0.5) is 0 Å². The zero-order valence-electron chi connectivity index (χ0n) is 11.1. The Labute approximate surface area is 99.4 Å². The Bertz CT molecular complexity index is 252. The first kappa shape index (κ1) is 13.5. The largest absolute Gasteiger partial charge is 0.342 e. The van der Waals surface area contributed by atoms with Crippen LogP contribution in [0.1, 0.15) is 47.0 Å². The lowest BCUT2D eigenvalue weighted by Gasteiger charge is -2.34. The summed E-state index contributed by atoms with van der Waals surface area (Å²) in [6, 6.07) is 0.0428. The average molecular weight is 226 g/mol. The van der Waals surface area contributed by atoms with E-state index < -0.39 is 0 Å². The molecule has 16 heavy (non-hydrogen) atoms. The normalized spacial score (nSPS) is 29.8. The second kappa shape index (κ2) is 5.17. The Morgan fingerprint density at radius 3 is 2.56 bits per heavy atom. The van der Waals surface area contributed by atoms with E-state index >= 15 is 0 Å². The third kappa shape index (κ3) is 2.57. The second-order valence-electron chi connectivity index (χ2n) is 5.65. The van der Waals surface area contributed by atoms with Crippen LogP contribution in [0.25, 0.3) is 0 Å². The van der Waals surface area contributed by atoms with Crippen LogP contribution in [0.3, 0.4) is 0 Å². The maximum Gasteiger partial charge on any atom is 0.230 e. The van der Waals surface area contributed by atoms with Gasteiger partial charge in [-0.3, -0.25) is 4.79 Å². The van der Waals surface area contributed by atoms with Crippen LogP contribution in [0.15, 0.2) is 0 Å². The molecule has 1 fully saturated rings. The zero-order valence-corrected chi connectivity index (χ0v) is 11.1. The number of nitrogens with zero attached hydrogens (tertiary/aromatic N) is 1. The van der Waals surface area contributed by atoms with E-state index in [2.05, 4.69) is 13.8 Å². The molecule has 0 radical (unpaired) electrons. The first-order valence-corrected chi connectivity index (χ1v) is 6.46. The molecule has 3 heteroatoms. The molecule has 1 aliphatic rings.